The number of carbonyl (C=O) groups excluding carboxylic acids is 3. The van der Waals surface area contributed by atoms with Crippen LogP contribution in [0.3, 0.4) is 0 Å². The van der Waals surface area contributed by atoms with Crippen LogP contribution in [0, 0.1) is 0 Å². The Morgan fingerprint density at radius 3 is 2.13 bits per heavy atom. The van der Waals surface area contributed by atoms with E-state index in [1.165, 1.54) is 4.90 Å². The Kier molecular flexibility index (Phi) is 7.05. The van der Waals surface area contributed by atoms with E-state index in [0.29, 0.717) is 29.1 Å². The molecule has 0 aliphatic carbocycles. The van der Waals surface area contributed by atoms with Crippen molar-refractivity contribution in [1.82, 2.24) is 10.2 Å². The highest BCUT2D eigenvalue weighted by molar-refractivity contribution is 5.97. The third-order valence-electron chi connectivity index (χ3n) is 4.43. The second-order valence-electron chi connectivity index (χ2n) is 7.02. The first kappa shape index (κ1) is 21.6. The molecule has 0 spiro atoms. The van der Waals surface area contributed by atoms with Crippen LogP contribution < -0.4 is 16.0 Å². The molecule has 2 aromatic carbocycles. The van der Waals surface area contributed by atoms with Gasteiger partial charge in [-0.05, 0) is 60.7 Å². The Labute approximate surface area is 180 Å². The Bertz CT molecular complexity index is 1030. The number of nitrogens with one attached hydrogen (secondary N) is 3. The lowest BCUT2D eigenvalue weighted by Gasteiger charge is -2.11. The van der Waals surface area contributed by atoms with Crippen LogP contribution in [0.25, 0.3) is 0 Å². The summed E-state index contributed by atoms with van der Waals surface area (Å²) in [5, 5.41) is 8.54. The van der Waals surface area contributed by atoms with Crippen molar-refractivity contribution in [3.63, 3.8) is 0 Å². The quantitative estimate of drug-likeness (QED) is 0.520. The third-order valence-corrected chi connectivity index (χ3v) is 4.43. The molecule has 3 amide bonds. The van der Waals surface area contributed by atoms with Crippen LogP contribution in [-0.2, 0) is 11.3 Å². The summed E-state index contributed by atoms with van der Waals surface area (Å²) in [4.78, 5) is 37.7. The van der Waals surface area contributed by atoms with Gasteiger partial charge in [0, 0.05) is 36.6 Å². The second-order valence-corrected chi connectivity index (χ2v) is 7.02. The molecule has 0 unspecified atom stereocenters. The highest BCUT2D eigenvalue weighted by Gasteiger charge is 2.09. The Morgan fingerprint density at radius 1 is 0.871 bits per heavy atom. The summed E-state index contributed by atoms with van der Waals surface area (Å²) >= 11 is 0. The van der Waals surface area contributed by atoms with Gasteiger partial charge in [0.1, 0.15) is 5.76 Å². The molecular formula is C23H24N4O4. The lowest BCUT2D eigenvalue weighted by Crippen LogP contribution is -2.23. The summed E-state index contributed by atoms with van der Waals surface area (Å²) < 4.78 is 5.18. The largest absolute Gasteiger partial charge is 0.467 e. The van der Waals surface area contributed by atoms with Gasteiger partial charge >= 0.3 is 0 Å². The van der Waals surface area contributed by atoms with Crippen LogP contribution in [0.4, 0.5) is 11.4 Å². The van der Waals surface area contributed by atoms with E-state index in [1.807, 2.05) is 0 Å². The average molecular weight is 420 g/mol. The fraction of sp³-hybridized carbons (Fsp3) is 0.174. The summed E-state index contributed by atoms with van der Waals surface area (Å²) in [5.41, 5.74) is 2.37. The fourth-order valence-electron chi connectivity index (χ4n) is 2.76. The van der Waals surface area contributed by atoms with Gasteiger partial charge in [0.2, 0.25) is 5.91 Å². The summed E-state index contributed by atoms with van der Waals surface area (Å²) in [7, 11) is 3.39. The van der Waals surface area contributed by atoms with Crippen LogP contribution in [0.2, 0.25) is 0 Å². The van der Waals surface area contributed by atoms with Crippen LogP contribution in [-0.4, -0.2) is 43.3 Å². The maximum atomic E-state index is 12.2. The Morgan fingerprint density at radius 2 is 1.52 bits per heavy atom. The average Bonchev–Trinajstić information content (AvgIpc) is 3.30. The molecule has 0 saturated carbocycles. The van der Waals surface area contributed by atoms with Gasteiger partial charge in [0.25, 0.3) is 11.8 Å². The third kappa shape index (κ3) is 6.20. The van der Waals surface area contributed by atoms with Crippen LogP contribution in [0.5, 0.6) is 0 Å². The predicted octanol–water partition coefficient (Wildman–Crippen LogP) is 2.96. The molecule has 0 saturated heterocycles. The van der Waals surface area contributed by atoms with E-state index < -0.39 is 0 Å². The van der Waals surface area contributed by atoms with E-state index in [1.54, 1.807) is 81.0 Å². The van der Waals surface area contributed by atoms with Crippen molar-refractivity contribution in [2.24, 2.45) is 0 Å². The molecule has 3 aromatic rings. The molecule has 31 heavy (non-hydrogen) atoms. The zero-order valence-corrected chi connectivity index (χ0v) is 17.3. The van der Waals surface area contributed by atoms with Crippen molar-refractivity contribution in [3.8, 4) is 0 Å². The van der Waals surface area contributed by atoms with Crippen LogP contribution in [0.15, 0.2) is 71.3 Å². The van der Waals surface area contributed by atoms with E-state index in [-0.39, 0.29) is 24.3 Å². The summed E-state index contributed by atoms with van der Waals surface area (Å²) in [5.74, 6) is 0.127. The minimum Gasteiger partial charge on any atom is -0.467 e. The van der Waals surface area contributed by atoms with Gasteiger partial charge in [-0.1, -0.05) is 0 Å². The zero-order chi connectivity index (χ0) is 22.2. The normalized spacial score (nSPS) is 10.3. The molecule has 0 aliphatic heterocycles. The number of carbonyl (C=O) groups is 3. The summed E-state index contributed by atoms with van der Waals surface area (Å²) in [6.07, 6.45) is 1.55. The van der Waals surface area contributed by atoms with Crippen molar-refractivity contribution in [1.29, 1.82) is 0 Å². The minimum atomic E-state index is -0.233. The van der Waals surface area contributed by atoms with Gasteiger partial charge in [-0.15, -0.1) is 0 Å². The molecule has 0 atom stereocenters. The van der Waals surface area contributed by atoms with Crippen LogP contribution in [0.1, 0.15) is 26.5 Å². The Hall–Kier alpha value is -4.07. The smallest absolute Gasteiger partial charge is 0.253 e. The van der Waals surface area contributed by atoms with Gasteiger partial charge in [0.15, 0.2) is 0 Å². The van der Waals surface area contributed by atoms with Crippen LogP contribution >= 0.6 is 0 Å². The first-order valence-corrected chi connectivity index (χ1v) is 9.68. The molecule has 1 heterocycles. The van der Waals surface area contributed by atoms with E-state index in [2.05, 4.69) is 16.0 Å². The summed E-state index contributed by atoms with van der Waals surface area (Å²) in [6.45, 7) is 0.368. The topological polar surface area (TPSA) is 104 Å². The van der Waals surface area contributed by atoms with Gasteiger partial charge in [-0.2, -0.15) is 0 Å². The van der Waals surface area contributed by atoms with Gasteiger partial charge in [-0.3, -0.25) is 14.4 Å². The molecule has 0 radical (unpaired) electrons. The van der Waals surface area contributed by atoms with E-state index in [9.17, 15) is 14.4 Å². The number of nitrogens with zero attached hydrogens (tertiary/aromatic N) is 1. The lowest BCUT2D eigenvalue weighted by molar-refractivity contribution is -0.114. The van der Waals surface area contributed by atoms with Crippen molar-refractivity contribution in [2.75, 3.05) is 31.3 Å². The first-order chi connectivity index (χ1) is 14.9. The van der Waals surface area contributed by atoms with E-state index in [0.717, 1.165) is 5.69 Å². The molecule has 3 rings (SSSR count). The molecule has 8 nitrogen and oxygen atoms in total. The number of hydrogen-bond donors (Lipinski definition) is 3. The number of anilines is 2. The van der Waals surface area contributed by atoms with Gasteiger partial charge in [-0.25, -0.2) is 0 Å². The van der Waals surface area contributed by atoms with Crippen molar-refractivity contribution in [2.45, 2.75) is 6.54 Å². The maximum absolute atomic E-state index is 12.2. The Balaban J connectivity index is 1.46. The van der Waals surface area contributed by atoms with Gasteiger partial charge < -0.3 is 25.3 Å². The molecule has 3 N–H and O–H groups in total. The number of hydrogen-bond acceptors (Lipinski definition) is 5. The molecule has 0 bridgehead atoms. The molecule has 1 aromatic heterocycles. The van der Waals surface area contributed by atoms with E-state index >= 15 is 0 Å². The lowest BCUT2D eigenvalue weighted by atomic mass is 10.2. The van der Waals surface area contributed by atoms with Gasteiger partial charge in [0.05, 0.1) is 19.4 Å². The fourth-order valence-corrected chi connectivity index (χ4v) is 2.76. The number of amides is 3. The highest BCUT2D eigenvalue weighted by Crippen LogP contribution is 2.12. The number of benzene rings is 2. The van der Waals surface area contributed by atoms with Crippen molar-refractivity contribution < 1.29 is 18.8 Å². The standard InChI is InChI=1S/C23H24N4O4/c1-27(2)23(30)17-7-9-18(10-8-17)24-15-21(28)26-19-11-5-16(6-12-19)22(29)25-14-20-4-3-13-31-20/h3-13,24H,14-15H2,1-2H3,(H,25,29)(H,26,28). The van der Waals surface area contributed by atoms with Crippen molar-refractivity contribution in [3.05, 3.63) is 83.8 Å². The maximum Gasteiger partial charge on any atom is 0.253 e. The molecule has 8 heteroatoms. The molecule has 0 fully saturated rings. The number of furan rings is 1. The SMILES string of the molecule is CN(C)C(=O)c1ccc(NCC(=O)Nc2ccc(C(=O)NCc3ccco3)cc2)cc1. The molecular weight excluding hydrogens is 396 g/mol. The summed E-state index contributed by atoms with van der Waals surface area (Å²) in [6, 6.07) is 17.1. The first-order valence-electron chi connectivity index (χ1n) is 9.68. The minimum absolute atomic E-state index is 0.0619. The van der Waals surface area contributed by atoms with E-state index in [4.69, 9.17) is 4.42 Å². The number of rotatable bonds is 8. The monoisotopic (exact) mass is 420 g/mol. The highest BCUT2D eigenvalue weighted by atomic mass is 16.3. The molecule has 0 aliphatic rings. The predicted molar refractivity (Wildman–Crippen MR) is 118 cm³/mol. The zero-order valence-electron chi connectivity index (χ0n) is 17.3. The van der Waals surface area contributed by atoms with Crippen molar-refractivity contribution >= 4 is 29.1 Å². The molecule has 160 valence electrons. The second kappa shape index (κ2) is 10.1.